The maximum absolute atomic E-state index is 11.5. The molecule has 0 fully saturated rings. The predicted molar refractivity (Wildman–Crippen MR) is 72.1 cm³/mol. The number of rotatable bonds is 8. The van der Waals surface area contributed by atoms with Crippen LogP contribution >= 0.6 is 0 Å². The van der Waals surface area contributed by atoms with Gasteiger partial charge in [0.05, 0.1) is 6.04 Å². The van der Waals surface area contributed by atoms with Crippen molar-refractivity contribution in [3.63, 3.8) is 0 Å². The van der Waals surface area contributed by atoms with Crippen molar-refractivity contribution in [3.8, 4) is 0 Å². The van der Waals surface area contributed by atoms with Gasteiger partial charge in [-0.25, -0.2) is 4.79 Å². The van der Waals surface area contributed by atoms with Crippen LogP contribution < -0.4 is 11.1 Å². The van der Waals surface area contributed by atoms with Crippen molar-refractivity contribution in [1.29, 1.82) is 0 Å². The van der Waals surface area contributed by atoms with Crippen LogP contribution in [0.25, 0.3) is 0 Å². The van der Waals surface area contributed by atoms with E-state index in [9.17, 15) is 9.59 Å². The standard InChI is InChI=1S/C14H19N2O3/c15-9-5-4-8-13(10-17)16-14(18)19-11-12-6-2-1-3-7-12/h1-3,6-7,13H,4-5,8-9,11,15H2,(H,16,18)/t13-/m0/s1. The van der Waals surface area contributed by atoms with Gasteiger partial charge in [-0.15, -0.1) is 0 Å². The number of ether oxygens (including phenoxy) is 1. The number of alkyl carbamates (subject to hydrolysis) is 1. The zero-order chi connectivity index (χ0) is 13.9. The highest BCUT2D eigenvalue weighted by molar-refractivity contribution is 5.73. The Morgan fingerprint density at radius 1 is 1.32 bits per heavy atom. The fourth-order valence-electron chi connectivity index (χ4n) is 1.56. The van der Waals surface area contributed by atoms with E-state index in [2.05, 4.69) is 5.32 Å². The van der Waals surface area contributed by atoms with Crippen LogP contribution in [0.2, 0.25) is 0 Å². The second kappa shape index (κ2) is 9.10. The van der Waals surface area contributed by atoms with E-state index in [1.54, 1.807) is 6.29 Å². The minimum atomic E-state index is -0.630. The molecule has 1 aromatic rings. The molecule has 3 N–H and O–H groups in total. The Bertz CT molecular complexity index is 382. The fraction of sp³-hybridized carbons (Fsp3) is 0.429. The number of carbonyl (C=O) groups is 1. The van der Waals surface area contributed by atoms with Gasteiger partial charge in [-0.05, 0) is 31.4 Å². The number of nitrogens with two attached hydrogens (primary N) is 1. The summed E-state index contributed by atoms with van der Waals surface area (Å²) in [5, 5.41) is 2.47. The minimum Gasteiger partial charge on any atom is -0.445 e. The van der Waals surface area contributed by atoms with Crippen LogP contribution in [0.1, 0.15) is 24.8 Å². The van der Waals surface area contributed by atoms with E-state index in [1.165, 1.54) is 0 Å². The van der Waals surface area contributed by atoms with Crippen molar-refractivity contribution >= 4 is 12.4 Å². The second-order valence-electron chi connectivity index (χ2n) is 4.16. The first-order valence-electron chi connectivity index (χ1n) is 6.31. The van der Waals surface area contributed by atoms with Crippen LogP contribution in [0.15, 0.2) is 30.3 Å². The van der Waals surface area contributed by atoms with E-state index in [4.69, 9.17) is 10.5 Å². The first-order valence-corrected chi connectivity index (χ1v) is 6.31. The van der Waals surface area contributed by atoms with Crippen LogP contribution in [-0.2, 0) is 16.1 Å². The third kappa shape index (κ3) is 6.57. The molecule has 103 valence electrons. The summed E-state index contributed by atoms with van der Waals surface area (Å²) in [5.41, 5.74) is 6.25. The molecule has 5 heteroatoms. The molecule has 0 aliphatic carbocycles. The van der Waals surface area contributed by atoms with E-state index in [1.807, 2.05) is 30.3 Å². The Labute approximate surface area is 113 Å². The molecule has 0 aromatic heterocycles. The predicted octanol–water partition coefficient (Wildman–Crippen LogP) is 1.52. The summed E-state index contributed by atoms with van der Waals surface area (Å²) >= 11 is 0. The van der Waals surface area contributed by atoms with Gasteiger partial charge < -0.3 is 15.8 Å². The summed E-state index contributed by atoms with van der Waals surface area (Å²) in [6, 6.07) is 8.71. The summed E-state index contributed by atoms with van der Waals surface area (Å²) in [6.45, 7) is 0.755. The third-order valence-electron chi connectivity index (χ3n) is 2.59. The highest BCUT2D eigenvalue weighted by atomic mass is 16.5. The molecule has 0 saturated heterocycles. The van der Waals surface area contributed by atoms with Crippen molar-refractivity contribution in [1.82, 2.24) is 5.32 Å². The van der Waals surface area contributed by atoms with Crippen LogP contribution in [-0.4, -0.2) is 25.0 Å². The van der Waals surface area contributed by atoms with Crippen molar-refractivity contribution in [2.45, 2.75) is 31.9 Å². The Morgan fingerprint density at radius 3 is 2.68 bits per heavy atom. The lowest BCUT2D eigenvalue weighted by atomic mass is 10.1. The molecule has 0 spiro atoms. The molecule has 0 aliphatic heterocycles. The van der Waals surface area contributed by atoms with Gasteiger partial charge >= 0.3 is 6.09 Å². The number of nitrogens with one attached hydrogen (secondary N) is 1. The molecular formula is C14H19N2O3. The number of amides is 1. The third-order valence-corrected chi connectivity index (χ3v) is 2.59. The van der Waals surface area contributed by atoms with Crippen LogP contribution in [0.4, 0.5) is 4.79 Å². The maximum Gasteiger partial charge on any atom is 0.408 e. The number of benzene rings is 1. The minimum absolute atomic E-state index is 0.182. The van der Waals surface area contributed by atoms with E-state index < -0.39 is 12.1 Å². The summed E-state index contributed by atoms with van der Waals surface area (Å²) in [6.07, 6.45) is 3.30. The van der Waals surface area contributed by atoms with Crippen LogP contribution in [0, 0.1) is 0 Å². The van der Waals surface area contributed by atoms with Crippen molar-refractivity contribution < 1.29 is 14.3 Å². The smallest absolute Gasteiger partial charge is 0.408 e. The summed E-state index contributed by atoms with van der Waals surface area (Å²) < 4.78 is 5.01. The monoisotopic (exact) mass is 263 g/mol. The van der Waals surface area contributed by atoms with Crippen LogP contribution in [0.3, 0.4) is 0 Å². The van der Waals surface area contributed by atoms with Crippen LogP contribution in [0.5, 0.6) is 0 Å². The first-order chi connectivity index (χ1) is 9.26. The molecule has 5 nitrogen and oxygen atoms in total. The van der Waals surface area contributed by atoms with E-state index in [0.29, 0.717) is 13.0 Å². The zero-order valence-electron chi connectivity index (χ0n) is 10.8. The normalized spacial score (nSPS) is 11.6. The van der Waals surface area contributed by atoms with Gasteiger partial charge in [-0.3, -0.25) is 4.79 Å². The molecule has 0 bridgehead atoms. The highest BCUT2D eigenvalue weighted by Gasteiger charge is 2.12. The van der Waals surface area contributed by atoms with Gasteiger partial charge in [0.25, 0.3) is 0 Å². The molecular weight excluding hydrogens is 244 g/mol. The van der Waals surface area contributed by atoms with E-state index in [0.717, 1.165) is 18.4 Å². The molecule has 1 aromatic carbocycles. The molecule has 0 aliphatic rings. The maximum atomic E-state index is 11.5. The van der Waals surface area contributed by atoms with E-state index >= 15 is 0 Å². The Morgan fingerprint density at radius 2 is 2.05 bits per heavy atom. The summed E-state index contributed by atoms with van der Waals surface area (Å²) in [4.78, 5) is 22.2. The highest BCUT2D eigenvalue weighted by Crippen LogP contribution is 2.02. The van der Waals surface area contributed by atoms with Gasteiger partial charge in [-0.1, -0.05) is 30.3 Å². The van der Waals surface area contributed by atoms with Crippen molar-refractivity contribution in [3.05, 3.63) is 35.9 Å². The quantitative estimate of drug-likeness (QED) is 0.697. The molecule has 0 unspecified atom stereocenters. The van der Waals surface area contributed by atoms with E-state index in [-0.39, 0.29) is 6.61 Å². The Balaban J connectivity index is 2.27. The summed E-state index contributed by atoms with van der Waals surface area (Å²) in [5.74, 6) is 0. The van der Waals surface area contributed by atoms with Gasteiger partial charge in [-0.2, -0.15) is 0 Å². The molecule has 1 radical (unpaired) electrons. The van der Waals surface area contributed by atoms with Crippen molar-refractivity contribution in [2.24, 2.45) is 5.73 Å². The fourth-order valence-corrected chi connectivity index (χ4v) is 1.56. The molecule has 1 amide bonds. The van der Waals surface area contributed by atoms with Gasteiger partial charge in [0.2, 0.25) is 6.29 Å². The molecule has 19 heavy (non-hydrogen) atoms. The second-order valence-corrected chi connectivity index (χ2v) is 4.16. The topological polar surface area (TPSA) is 81.4 Å². The molecule has 1 atom stereocenters. The van der Waals surface area contributed by atoms with Gasteiger partial charge in [0, 0.05) is 0 Å². The first kappa shape index (κ1) is 15.2. The zero-order valence-corrected chi connectivity index (χ0v) is 10.8. The van der Waals surface area contributed by atoms with Gasteiger partial charge in [0.1, 0.15) is 6.61 Å². The number of unbranched alkanes of at least 4 members (excludes halogenated alkanes) is 1. The molecule has 1 rings (SSSR count). The average molecular weight is 263 g/mol. The lowest BCUT2D eigenvalue weighted by molar-refractivity contribution is 0.137. The molecule has 0 saturated carbocycles. The van der Waals surface area contributed by atoms with Gasteiger partial charge in [0.15, 0.2) is 0 Å². The molecule has 0 heterocycles. The summed E-state index contributed by atoms with van der Waals surface area (Å²) in [7, 11) is 0. The SMILES string of the molecule is NCCCC[C@@H]([C]=O)NC(=O)OCc1ccccc1. The number of hydrogen-bond donors (Lipinski definition) is 2. The lowest BCUT2D eigenvalue weighted by Gasteiger charge is -2.12. The number of hydrogen-bond acceptors (Lipinski definition) is 4. The Kier molecular flexibility index (Phi) is 7.27. The average Bonchev–Trinajstić information content (AvgIpc) is 2.45. The Hall–Kier alpha value is -1.88. The lowest BCUT2D eigenvalue weighted by Crippen LogP contribution is -2.36. The largest absolute Gasteiger partial charge is 0.445 e. The van der Waals surface area contributed by atoms with Crippen molar-refractivity contribution in [2.75, 3.05) is 6.54 Å². The number of carbonyl (C=O) groups excluding carboxylic acids is 2.